The first kappa shape index (κ1) is 15.9. The molecule has 0 fully saturated rings. The standard InChI is InChI=1S/C11H7BrF3NO2S/c1-2-18-10(17)8-7(12)4-3-6(5-16)9(8)19-11(13,14)15/h3-4H,2H2,1H3. The Morgan fingerprint density at radius 3 is 2.63 bits per heavy atom. The minimum atomic E-state index is -4.60. The van der Waals surface area contributed by atoms with Gasteiger partial charge in [-0.2, -0.15) is 18.4 Å². The number of rotatable bonds is 3. The third-order valence-corrected chi connectivity index (χ3v) is 3.45. The van der Waals surface area contributed by atoms with Crippen molar-refractivity contribution in [3.8, 4) is 6.07 Å². The number of benzene rings is 1. The highest BCUT2D eigenvalue weighted by Crippen LogP contribution is 2.42. The van der Waals surface area contributed by atoms with Crippen LogP contribution in [-0.2, 0) is 4.74 Å². The summed E-state index contributed by atoms with van der Waals surface area (Å²) in [5.74, 6) is -0.904. The second-order valence-electron chi connectivity index (χ2n) is 3.18. The van der Waals surface area contributed by atoms with Crippen molar-refractivity contribution < 1.29 is 22.7 Å². The number of nitrogens with zero attached hydrogens (tertiary/aromatic N) is 1. The van der Waals surface area contributed by atoms with Gasteiger partial charge < -0.3 is 4.74 Å². The molecular weight excluding hydrogens is 347 g/mol. The van der Waals surface area contributed by atoms with Gasteiger partial charge in [0.05, 0.1) is 17.7 Å². The van der Waals surface area contributed by atoms with Gasteiger partial charge in [-0.05, 0) is 46.7 Å². The molecule has 0 heterocycles. The zero-order valence-electron chi connectivity index (χ0n) is 9.55. The number of nitriles is 1. The van der Waals surface area contributed by atoms with Crippen LogP contribution in [0.5, 0.6) is 0 Å². The van der Waals surface area contributed by atoms with E-state index >= 15 is 0 Å². The minimum Gasteiger partial charge on any atom is -0.462 e. The fourth-order valence-corrected chi connectivity index (χ4v) is 2.64. The van der Waals surface area contributed by atoms with Crippen LogP contribution >= 0.6 is 27.7 Å². The Balaban J connectivity index is 3.42. The van der Waals surface area contributed by atoms with E-state index in [1.54, 1.807) is 6.07 Å². The first-order chi connectivity index (χ1) is 8.80. The van der Waals surface area contributed by atoms with Crippen LogP contribution in [0, 0.1) is 11.3 Å². The smallest absolute Gasteiger partial charge is 0.446 e. The molecule has 0 aliphatic rings. The van der Waals surface area contributed by atoms with Crippen LogP contribution in [0.4, 0.5) is 13.2 Å². The largest absolute Gasteiger partial charge is 0.462 e. The molecule has 1 aromatic rings. The number of halogens is 4. The maximum absolute atomic E-state index is 12.5. The van der Waals surface area contributed by atoms with E-state index in [0.717, 1.165) is 0 Å². The Labute approximate surface area is 119 Å². The van der Waals surface area contributed by atoms with Gasteiger partial charge in [0.1, 0.15) is 6.07 Å². The summed E-state index contributed by atoms with van der Waals surface area (Å²) in [7, 11) is 0. The lowest BCUT2D eigenvalue weighted by atomic mass is 10.1. The van der Waals surface area contributed by atoms with Crippen molar-refractivity contribution in [3.63, 3.8) is 0 Å². The maximum atomic E-state index is 12.5. The van der Waals surface area contributed by atoms with Crippen LogP contribution in [0.2, 0.25) is 0 Å². The van der Waals surface area contributed by atoms with Crippen LogP contribution in [0.25, 0.3) is 0 Å². The quantitative estimate of drug-likeness (QED) is 0.606. The van der Waals surface area contributed by atoms with Crippen molar-refractivity contribution in [1.29, 1.82) is 5.26 Å². The molecule has 19 heavy (non-hydrogen) atoms. The van der Waals surface area contributed by atoms with E-state index in [1.165, 1.54) is 19.1 Å². The third-order valence-electron chi connectivity index (χ3n) is 1.92. The number of ether oxygens (including phenoxy) is 1. The van der Waals surface area contributed by atoms with Gasteiger partial charge >= 0.3 is 11.5 Å². The van der Waals surface area contributed by atoms with Crippen LogP contribution < -0.4 is 0 Å². The van der Waals surface area contributed by atoms with Gasteiger partial charge in [0, 0.05) is 9.37 Å². The van der Waals surface area contributed by atoms with Crippen molar-refractivity contribution in [3.05, 3.63) is 27.7 Å². The highest BCUT2D eigenvalue weighted by atomic mass is 79.9. The summed E-state index contributed by atoms with van der Waals surface area (Å²) in [5, 5.41) is 8.84. The summed E-state index contributed by atoms with van der Waals surface area (Å²) in [6.45, 7) is 1.56. The van der Waals surface area contributed by atoms with E-state index in [-0.39, 0.29) is 22.2 Å². The molecule has 0 aliphatic heterocycles. The lowest BCUT2D eigenvalue weighted by Crippen LogP contribution is -2.11. The summed E-state index contributed by atoms with van der Waals surface area (Å²) in [6.07, 6.45) is 0. The Kier molecular flexibility index (Phi) is 5.26. The van der Waals surface area contributed by atoms with E-state index in [0.29, 0.717) is 0 Å². The number of thioether (sulfide) groups is 1. The van der Waals surface area contributed by atoms with E-state index in [9.17, 15) is 18.0 Å². The van der Waals surface area contributed by atoms with Crippen molar-refractivity contribution in [2.24, 2.45) is 0 Å². The Morgan fingerprint density at radius 2 is 2.16 bits per heavy atom. The highest BCUT2D eigenvalue weighted by Gasteiger charge is 2.34. The monoisotopic (exact) mass is 353 g/mol. The molecule has 0 bridgehead atoms. The van der Waals surface area contributed by atoms with Gasteiger partial charge in [0.25, 0.3) is 0 Å². The molecule has 8 heteroatoms. The molecule has 1 aromatic carbocycles. The molecule has 0 radical (unpaired) electrons. The summed E-state index contributed by atoms with van der Waals surface area (Å²) >= 11 is 2.49. The number of carbonyl (C=O) groups is 1. The normalized spacial score (nSPS) is 10.9. The fourth-order valence-electron chi connectivity index (χ4n) is 1.26. The van der Waals surface area contributed by atoms with E-state index in [4.69, 9.17) is 10.00 Å². The number of alkyl halides is 3. The molecule has 0 amide bonds. The first-order valence-corrected chi connectivity index (χ1v) is 6.56. The van der Waals surface area contributed by atoms with Crippen molar-refractivity contribution in [2.75, 3.05) is 6.61 Å². The van der Waals surface area contributed by atoms with Gasteiger partial charge in [-0.1, -0.05) is 0 Å². The first-order valence-electron chi connectivity index (χ1n) is 4.95. The van der Waals surface area contributed by atoms with Gasteiger partial charge in [-0.25, -0.2) is 4.79 Å². The fraction of sp³-hybridized carbons (Fsp3) is 0.273. The van der Waals surface area contributed by atoms with Crippen molar-refractivity contribution >= 4 is 33.7 Å². The Hall–Kier alpha value is -1.20. The molecule has 0 aliphatic carbocycles. The second kappa shape index (κ2) is 6.30. The Bertz CT molecular complexity index is 540. The molecule has 0 atom stereocenters. The summed E-state index contributed by atoms with van der Waals surface area (Å²) < 4.78 is 42.4. The minimum absolute atomic E-state index is 0.0260. The number of hydrogen-bond acceptors (Lipinski definition) is 4. The van der Waals surface area contributed by atoms with Crippen LogP contribution in [-0.4, -0.2) is 18.1 Å². The molecule has 0 saturated carbocycles. The zero-order chi connectivity index (χ0) is 14.6. The Morgan fingerprint density at radius 1 is 1.53 bits per heavy atom. The zero-order valence-corrected chi connectivity index (χ0v) is 11.9. The highest BCUT2D eigenvalue weighted by molar-refractivity contribution is 9.10. The lowest BCUT2D eigenvalue weighted by molar-refractivity contribution is -0.0328. The number of carbonyl (C=O) groups excluding carboxylic acids is 1. The summed E-state index contributed by atoms with van der Waals surface area (Å²) in [6, 6.07) is 4.18. The molecule has 0 N–H and O–H groups in total. The van der Waals surface area contributed by atoms with Gasteiger partial charge in [-0.15, -0.1) is 0 Å². The van der Waals surface area contributed by atoms with Crippen LogP contribution in [0.1, 0.15) is 22.8 Å². The molecule has 0 unspecified atom stereocenters. The second-order valence-corrected chi connectivity index (χ2v) is 5.11. The van der Waals surface area contributed by atoms with Gasteiger partial charge in [0.15, 0.2) is 0 Å². The van der Waals surface area contributed by atoms with E-state index < -0.39 is 28.1 Å². The molecule has 102 valence electrons. The molecule has 0 spiro atoms. The predicted octanol–water partition coefficient (Wildman–Crippen LogP) is 4.11. The number of hydrogen-bond donors (Lipinski definition) is 0. The molecule has 0 aromatic heterocycles. The summed E-state index contributed by atoms with van der Waals surface area (Å²) in [4.78, 5) is 11.2. The molecule has 0 saturated heterocycles. The van der Waals surface area contributed by atoms with E-state index in [1.807, 2.05) is 0 Å². The molecule has 1 rings (SSSR count). The maximum Gasteiger partial charge on any atom is 0.446 e. The predicted molar refractivity (Wildman–Crippen MR) is 66.7 cm³/mol. The van der Waals surface area contributed by atoms with E-state index in [2.05, 4.69) is 15.9 Å². The number of esters is 1. The van der Waals surface area contributed by atoms with Gasteiger partial charge in [-0.3, -0.25) is 0 Å². The van der Waals surface area contributed by atoms with Gasteiger partial charge in [0.2, 0.25) is 0 Å². The average Bonchev–Trinajstić information content (AvgIpc) is 2.27. The topological polar surface area (TPSA) is 50.1 Å². The molecule has 3 nitrogen and oxygen atoms in total. The van der Waals surface area contributed by atoms with Crippen molar-refractivity contribution in [1.82, 2.24) is 0 Å². The van der Waals surface area contributed by atoms with Crippen molar-refractivity contribution in [2.45, 2.75) is 17.3 Å². The molecular formula is C11H7BrF3NO2S. The van der Waals surface area contributed by atoms with Crippen LogP contribution in [0.3, 0.4) is 0 Å². The lowest BCUT2D eigenvalue weighted by Gasteiger charge is -2.13. The third kappa shape index (κ3) is 4.14. The van der Waals surface area contributed by atoms with Crippen LogP contribution in [0.15, 0.2) is 21.5 Å². The average molecular weight is 354 g/mol. The summed E-state index contributed by atoms with van der Waals surface area (Å²) in [5.41, 5.74) is -5.12. The SMILES string of the molecule is CCOC(=O)c1c(Br)ccc(C#N)c1SC(F)(F)F.